The molecule has 0 radical (unpaired) electrons. The van der Waals surface area contributed by atoms with E-state index in [2.05, 4.69) is 4.98 Å². The van der Waals surface area contributed by atoms with Crippen LogP contribution in [0.2, 0.25) is 5.02 Å². The second-order valence-corrected chi connectivity index (χ2v) is 3.54. The molecule has 76 valence electrons. The van der Waals surface area contributed by atoms with Crippen LogP contribution in [0.3, 0.4) is 0 Å². The molecule has 0 aliphatic rings. The number of rotatable bonds is 3. The van der Waals surface area contributed by atoms with E-state index in [0.29, 0.717) is 11.6 Å². The summed E-state index contributed by atoms with van der Waals surface area (Å²) in [6.45, 7) is 0.523. The van der Waals surface area contributed by atoms with Crippen LogP contribution in [0.25, 0.3) is 0 Å². The van der Waals surface area contributed by atoms with Crippen LogP contribution in [0, 0.1) is 0 Å². The van der Waals surface area contributed by atoms with Gasteiger partial charge in [0.1, 0.15) is 12.4 Å². The normalized spacial score (nSPS) is 9.93. The van der Waals surface area contributed by atoms with Crippen LogP contribution in [-0.2, 0) is 6.61 Å². The average molecular weight is 220 g/mol. The molecule has 1 aromatic carbocycles. The van der Waals surface area contributed by atoms with E-state index in [1.807, 2.05) is 24.3 Å². The van der Waals surface area contributed by atoms with Crippen molar-refractivity contribution >= 4 is 11.6 Å². The standard InChI is InChI=1S/C12H10ClNO/c13-11-3-5-12(6-4-11)15-9-10-2-1-7-14-8-10/h1-8H,9H2. The summed E-state index contributed by atoms with van der Waals surface area (Å²) in [5.41, 5.74) is 1.05. The molecule has 1 heterocycles. The smallest absolute Gasteiger partial charge is 0.119 e. The van der Waals surface area contributed by atoms with Crippen LogP contribution >= 0.6 is 11.6 Å². The van der Waals surface area contributed by atoms with Crippen molar-refractivity contribution in [1.82, 2.24) is 4.98 Å². The third kappa shape index (κ3) is 2.96. The van der Waals surface area contributed by atoms with Gasteiger partial charge in [-0.15, -0.1) is 0 Å². The second kappa shape index (κ2) is 4.80. The summed E-state index contributed by atoms with van der Waals surface area (Å²) in [5, 5.41) is 0.712. The first kappa shape index (κ1) is 9.99. The number of hydrogen-bond acceptors (Lipinski definition) is 2. The van der Waals surface area contributed by atoms with Crippen molar-refractivity contribution in [2.75, 3.05) is 0 Å². The number of ether oxygens (including phenoxy) is 1. The summed E-state index contributed by atoms with van der Waals surface area (Å²) < 4.78 is 5.55. The minimum Gasteiger partial charge on any atom is -0.489 e. The summed E-state index contributed by atoms with van der Waals surface area (Å²) in [6.07, 6.45) is 3.53. The topological polar surface area (TPSA) is 22.1 Å². The minimum absolute atomic E-state index is 0.523. The minimum atomic E-state index is 0.523. The van der Waals surface area contributed by atoms with Gasteiger partial charge in [0, 0.05) is 23.0 Å². The molecule has 0 amide bonds. The molecular weight excluding hydrogens is 210 g/mol. The van der Waals surface area contributed by atoms with Crippen LogP contribution < -0.4 is 4.74 Å². The first-order chi connectivity index (χ1) is 7.34. The third-order valence-electron chi connectivity index (χ3n) is 1.94. The molecule has 15 heavy (non-hydrogen) atoms. The van der Waals surface area contributed by atoms with Gasteiger partial charge >= 0.3 is 0 Å². The fourth-order valence-corrected chi connectivity index (χ4v) is 1.31. The second-order valence-electron chi connectivity index (χ2n) is 3.10. The maximum atomic E-state index is 5.76. The quantitative estimate of drug-likeness (QED) is 0.790. The van der Waals surface area contributed by atoms with Gasteiger partial charge in [-0.2, -0.15) is 0 Å². The Morgan fingerprint density at radius 2 is 1.93 bits per heavy atom. The number of nitrogens with zero attached hydrogens (tertiary/aromatic N) is 1. The highest BCUT2D eigenvalue weighted by atomic mass is 35.5. The number of hydrogen-bond donors (Lipinski definition) is 0. The summed E-state index contributed by atoms with van der Waals surface area (Å²) >= 11 is 5.76. The Labute approximate surface area is 93.5 Å². The lowest BCUT2D eigenvalue weighted by molar-refractivity contribution is 0.306. The van der Waals surface area contributed by atoms with Crippen molar-refractivity contribution in [1.29, 1.82) is 0 Å². The van der Waals surface area contributed by atoms with E-state index in [4.69, 9.17) is 16.3 Å². The number of benzene rings is 1. The van der Waals surface area contributed by atoms with Gasteiger partial charge in [-0.1, -0.05) is 17.7 Å². The predicted octanol–water partition coefficient (Wildman–Crippen LogP) is 3.31. The summed E-state index contributed by atoms with van der Waals surface area (Å²) in [4.78, 5) is 4.01. The van der Waals surface area contributed by atoms with Crippen LogP contribution in [0.5, 0.6) is 5.75 Å². The van der Waals surface area contributed by atoms with Crippen molar-refractivity contribution in [3.63, 3.8) is 0 Å². The van der Waals surface area contributed by atoms with Gasteiger partial charge in [-0.05, 0) is 30.3 Å². The predicted molar refractivity (Wildman–Crippen MR) is 60.0 cm³/mol. The molecule has 3 heteroatoms. The first-order valence-electron chi connectivity index (χ1n) is 4.62. The van der Waals surface area contributed by atoms with Gasteiger partial charge < -0.3 is 4.74 Å². The van der Waals surface area contributed by atoms with E-state index < -0.39 is 0 Å². The fourth-order valence-electron chi connectivity index (χ4n) is 1.18. The van der Waals surface area contributed by atoms with Crippen molar-refractivity contribution in [3.05, 3.63) is 59.4 Å². The Morgan fingerprint density at radius 3 is 2.60 bits per heavy atom. The van der Waals surface area contributed by atoms with Gasteiger partial charge in [0.15, 0.2) is 0 Å². The van der Waals surface area contributed by atoms with Crippen LogP contribution in [0.15, 0.2) is 48.8 Å². The zero-order valence-electron chi connectivity index (χ0n) is 8.06. The van der Waals surface area contributed by atoms with E-state index >= 15 is 0 Å². The number of aromatic nitrogens is 1. The maximum Gasteiger partial charge on any atom is 0.119 e. The Balaban J connectivity index is 1.96. The van der Waals surface area contributed by atoms with E-state index in [9.17, 15) is 0 Å². The van der Waals surface area contributed by atoms with Gasteiger partial charge in [0.2, 0.25) is 0 Å². The SMILES string of the molecule is Clc1ccc(OCc2cccnc2)cc1. The zero-order chi connectivity index (χ0) is 10.5. The molecule has 0 bridgehead atoms. The molecule has 2 rings (SSSR count). The monoisotopic (exact) mass is 219 g/mol. The molecule has 0 aliphatic heterocycles. The Morgan fingerprint density at radius 1 is 1.13 bits per heavy atom. The Bertz CT molecular complexity index is 413. The van der Waals surface area contributed by atoms with Crippen LogP contribution in [-0.4, -0.2) is 4.98 Å². The van der Waals surface area contributed by atoms with Gasteiger partial charge in [0.25, 0.3) is 0 Å². The van der Waals surface area contributed by atoms with Gasteiger partial charge in [-0.3, -0.25) is 4.98 Å². The molecule has 0 saturated heterocycles. The highest BCUT2D eigenvalue weighted by Gasteiger charge is 1.95. The largest absolute Gasteiger partial charge is 0.489 e. The van der Waals surface area contributed by atoms with Gasteiger partial charge in [0.05, 0.1) is 0 Å². The lowest BCUT2D eigenvalue weighted by atomic mass is 10.3. The molecule has 2 nitrogen and oxygen atoms in total. The van der Waals surface area contributed by atoms with E-state index in [1.54, 1.807) is 24.5 Å². The summed E-state index contributed by atoms with van der Waals surface area (Å²) in [7, 11) is 0. The van der Waals surface area contributed by atoms with Crippen molar-refractivity contribution in [2.24, 2.45) is 0 Å². The molecule has 2 aromatic rings. The maximum absolute atomic E-state index is 5.76. The fraction of sp³-hybridized carbons (Fsp3) is 0.0833. The zero-order valence-corrected chi connectivity index (χ0v) is 8.82. The Kier molecular flexibility index (Phi) is 3.20. The Hall–Kier alpha value is -1.54. The van der Waals surface area contributed by atoms with Crippen molar-refractivity contribution in [2.45, 2.75) is 6.61 Å². The highest BCUT2D eigenvalue weighted by molar-refractivity contribution is 6.30. The molecule has 0 aliphatic carbocycles. The molecule has 1 aromatic heterocycles. The lowest BCUT2D eigenvalue weighted by Crippen LogP contribution is -1.95. The van der Waals surface area contributed by atoms with Crippen LogP contribution in [0.1, 0.15) is 5.56 Å². The average Bonchev–Trinajstić information content (AvgIpc) is 2.30. The van der Waals surface area contributed by atoms with Crippen LogP contribution in [0.4, 0.5) is 0 Å². The number of halogens is 1. The van der Waals surface area contributed by atoms with E-state index in [1.165, 1.54) is 0 Å². The summed E-state index contributed by atoms with van der Waals surface area (Å²) in [5.74, 6) is 0.809. The molecule has 0 fully saturated rings. The van der Waals surface area contributed by atoms with Crippen molar-refractivity contribution in [3.8, 4) is 5.75 Å². The molecule has 0 saturated carbocycles. The molecule has 0 N–H and O–H groups in total. The molecular formula is C12H10ClNO. The number of pyridine rings is 1. The van der Waals surface area contributed by atoms with Crippen molar-refractivity contribution < 1.29 is 4.74 Å². The highest BCUT2D eigenvalue weighted by Crippen LogP contribution is 2.16. The lowest BCUT2D eigenvalue weighted by Gasteiger charge is -2.05. The summed E-state index contributed by atoms with van der Waals surface area (Å²) in [6, 6.07) is 11.2. The molecule has 0 unspecified atom stereocenters. The molecule has 0 spiro atoms. The first-order valence-corrected chi connectivity index (χ1v) is 5.00. The van der Waals surface area contributed by atoms with Gasteiger partial charge in [-0.25, -0.2) is 0 Å². The third-order valence-corrected chi connectivity index (χ3v) is 2.19. The molecule has 0 atom stereocenters. The van der Waals surface area contributed by atoms with E-state index in [-0.39, 0.29) is 0 Å². The van der Waals surface area contributed by atoms with E-state index in [0.717, 1.165) is 11.3 Å².